The van der Waals surface area contributed by atoms with Crippen LogP contribution in [0.25, 0.3) is 0 Å². The lowest BCUT2D eigenvalue weighted by molar-refractivity contribution is -0.157. The predicted octanol–water partition coefficient (Wildman–Crippen LogP) is 2.67. The number of hydrogen-bond acceptors (Lipinski definition) is 5. The van der Waals surface area contributed by atoms with Gasteiger partial charge in [0.2, 0.25) is 0 Å². The molecule has 1 aromatic carbocycles. The summed E-state index contributed by atoms with van der Waals surface area (Å²) in [5.74, 6) is -2.04. The van der Waals surface area contributed by atoms with E-state index in [1.54, 1.807) is 18.2 Å². The largest absolute Gasteiger partial charge is 0.462 e. The minimum absolute atomic E-state index is 0.0418. The number of fused-ring (bicyclic) bond motifs is 1. The average molecular weight is 384 g/mol. The number of carbonyl (C=O) groups excluding carboxylic acids is 3. The average Bonchev–Trinajstić information content (AvgIpc) is 3.19. The van der Waals surface area contributed by atoms with E-state index < -0.39 is 30.3 Å². The Labute approximate surface area is 153 Å². The predicted molar refractivity (Wildman–Crippen MR) is 89.1 cm³/mol. The molecule has 2 bridgehead atoms. The number of hydrogen-bond donors (Lipinski definition) is 1. The molecule has 0 aromatic heterocycles. The molecule has 1 heterocycles. The number of halogens is 2. The number of ether oxygens (including phenoxy) is 2. The molecule has 3 aliphatic rings. The van der Waals surface area contributed by atoms with Crippen molar-refractivity contribution in [3.63, 3.8) is 0 Å². The van der Waals surface area contributed by atoms with Gasteiger partial charge in [-0.15, -0.1) is 0 Å². The normalized spacial score (nSPS) is 31.8. The molecule has 4 rings (SSSR count). The molecule has 2 aliphatic carbocycles. The summed E-state index contributed by atoms with van der Waals surface area (Å²) < 4.78 is 10.4. The highest BCUT2D eigenvalue weighted by Gasteiger charge is 2.64. The van der Waals surface area contributed by atoms with Gasteiger partial charge in [0.05, 0.1) is 27.6 Å². The van der Waals surface area contributed by atoms with Crippen LogP contribution in [0.4, 0.5) is 5.69 Å². The van der Waals surface area contributed by atoms with Crippen LogP contribution in [0, 0.1) is 23.7 Å². The fourth-order valence-electron chi connectivity index (χ4n) is 4.34. The Morgan fingerprint density at radius 2 is 2.08 bits per heavy atom. The molecule has 2 saturated carbocycles. The van der Waals surface area contributed by atoms with Crippen LogP contribution in [0.3, 0.4) is 0 Å². The third kappa shape index (κ3) is 2.77. The smallest absolute Gasteiger partial charge is 0.310 e. The van der Waals surface area contributed by atoms with E-state index in [1.807, 2.05) is 0 Å². The number of rotatable bonds is 4. The second-order valence-corrected chi connectivity index (χ2v) is 7.46. The third-order valence-electron chi connectivity index (χ3n) is 5.33. The molecule has 3 fully saturated rings. The maximum absolute atomic E-state index is 12.4. The zero-order valence-corrected chi connectivity index (χ0v) is 14.5. The summed E-state index contributed by atoms with van der Waals surface area (Å²) in [6.45, 7) is -0.444. The van der Waals surface area contributed by atoms with Gasteiger partial charge >= 0.3 is 11.9 Å². The Kier molecular flexibility index (Phi) is 4.12. The van der Waals surface area contributed by atoms with Gasteiger partial charge in [-0.25, -0.2) is 0 Å². The summed E-state index contributed by atoms with van der Waals surface area (Å²) in [4.78, 5) is 36.3. The molecule has 1 aromatic rings. The summed E-state index contributed by atoms with van der Waals surface area (Å²) >= 11 is 11.9. The number of amides is 1. The van der Waals surface area contributed by atoms with Crippen LogP contribution in [-0.4, -0.2) is 30.6 Å². The van der Waals surface area contributed by atoms with Crippen molar-refractivity contribution in [3.05, 3.63) is 28.2 Å². The summed E-state index contributed by atoms with van der Waals surface area (Å²) in [5.41, 5.74) is 0.345. The molecule has 1 aliphatic heterocycles. The van der Waals surface area contributed by atoms with Crippen LogP contribution in [0.1, 0.15) is 12.8 Å². The van der Waals surface area contributed by atoms with E-state index in [2.05, 4.69) is 5.32 Å². The first-order chi connectivity index (χ1) is 12.0. The molecule has 1 amide bonds. The standard InChI is InChI=1S/C17H15Cl2NO5/c18-9-2-1-3-10(15(9)19)20-12(21)6-24-16(22)13-7-4-8-11(5-7)25-17(23)14(8)13/h1-3,7-8,11,13-14H,4-6H2,(H,20,21)/t7-,8+,11+,13-,14+/m1/s1. The van der Waals surface area contributed by atoms with Crippen molar-refractivity contribution in [2.45, 2.75) is 18.9 Å². The van der Waals surface area contributed by atoms with Gasteiger partial charge in [0.25, 0.3) is 5.91 Å². The lowest BCUT2D eigenvalue weighted by Gasteiger charge is -2.22. The number of nitrogens with one attached hydrogen (secondary N) is 1. The van der Waals surface area contributed by atoms with Gasteiger partial charge in [-0.2, -0.15) is 0 Å². The molecule has 132 valence electrons. The first-order valence-corrected chi connectivity index (χ1v) is 8.82. The van der Waals surface area contributed by atoms with Crippen LogP contribution in [0.5, 0.6) is 0 Å². The molecule has 1 N–H and O–H groups in total. The third-order valence-corrected chi connectivity index (χ3v) is 6.15. The fourth-order valence-corrected chi connectivity index (χ4v) is 4.69. The highest BCUT2D eigenvalue weighted by atomic mass is 35.5. The Morgan fingerprint density at radius 3 is 2.88 bits per heavy atom. The summed E-state index contributed by atoms with van der Waals surface area (Å²) in [7, 11) is 0. The second kappa shape index (κ2) is 6.18. The zero-order valence-electron chi connectivity index (χ0n) is 13.0. The minimum atomic E-state index is -0.521. The maximum atomic E-state index is 12.4. The van der Waals surface area contributed by atoms with Crippen LogP contribution in [-0.2, 0) is 23.9 Å². The van der Waals surface area contributed by atoms with Gasteiger partial charge in [-0.3, -0.25) is 14.4 Å². The SMILES string of the molecule is O=C(COC(=O)[C@@H]1[C@@H]2C[C@@H]3[C@@H]1C(=O)O[C@H]3C2)Nc1cccc(Cl)c1Cl. The van der Waals surface area contributed by atoms with Gasteiger partial charge in [0, 0.05) is 5.92 Å². The van der Waals surface area contributed by atoms with Crippen molar-refractivity contribution in [2.75, 3.05) is 11.9 Å². The molecule has 6 nitrogen and oxygen atoms in total. The minimum Gasteiger partial charge on any atom is -0.462 e. The Morgan fingerprint density at radius 1 is 1.28 bits per heavy atom. The van der Waals surface area contributed by atoms with Crippen molar-refractivity contribution in [1.29, 1.82) is 0 Å². The first kappa shape index (κ1) is 16.7. The van der Waals surface area contributed by atoms with Gasteiger partial charge in [-0.05, 0) is 30.9 Å². The molecule has 25 heavy (non-hydrogen) atoms. The molecule has 0 radical (unpaired) electrons. The number of esters is 2. The van der Waals surface area contributed by atoms with Gasteiger partial charge in [-0.1, -0.05) is 29.3 Å². The Bertz CT molecular complexity index is 765. The summed E-state index contributed by atoms with van der Waals surface area (Å²) in [6, 6.07) is 4.84. The summed E-state index contributed by atoms with van der Waals surface area (Å²) in [6.07, 6.45) is 1.47. The van der Waals surface area contributed by atoms with Crippen molar-refractivity contribution < 1.29 is 23.9 Å². The number of anilines is 1. The van der Waals surface area contributed by atoms with Gasteiger partial charge in [0.1, 0.15) is 6.10 Å². The fraction of sp³-hybridized carbons (Fsp3) is 0.471. The summed E-state index contributed by atoms with van der Waals surface area (Å²) in [5, 5.41) is 3.08. The molecule has 1 saturated heterocycles. The number of benzene rings is 1. The van der Waals surface area contributed by atoms with Crippen LogP contribution in [0.15, 0.2) is 18.2 Å². The number of carbonyl (C=O) groups is 3. The molecular formula is C17H15Cl2NO5. The molecule has 8 heteroatoms. The van der Waals surface area contributed by atoms with E-state index in [4.69, 9.17) is 32.7 Å². The molecule has 5 atom stereocenters. The van der Waals surface area contributed by atoms with Crippen molar-refractivity contribution in [3.8, 4) is 0 Å². The van der Waals surface area contributed by atoms with E-state index in [-0.39, 0.29) is 28.9 Å². The van der Waals surface area contributed by atoms with Crippen LogP contribution >= 0.6 is 23.2 Å². The quantitative estimate of drug-likeness (QED) is 0.808. The van der Waals surface area contributed by atoms with E-state index in [0.717, 1.165) is 6.42 Å². The van der Waals surface area contributed by atoms with E-state index in [9.17, 15) is 14.4 Å². The highest BCUT2D eigenvalue weighted by Crippen LogP contribution is 2.57. The van der Waals surface area contributed by atoms with Gasteiger partial charge < -0.3 is 14.8 Å². The maximum Gasteiger partial charge on any atom is 0.310 e. The first-order valence-electron chi connectivity index (χ1n) is 8.06. The Balaban J connectivity index is 1.35. The lowest BCUT2D eigenvalue weighted by atomic mass is 9.80. The van der Waals surface area contributed by atoms with Crippen LogP contribution in [0.2, 0.25) is 10.0 Å². The highest BCUT2D eigenvalue weighted by molar-refractivity contribution is 6.44. The molecule has 0 unspecified atom stereocenters. The second-order valence-electron chi connectivity index (χ2n) is 6.68. The van der Waals surface area contributed by atoms with E-state index in [1.165, 1.54) is 0 Å². The van der Waals surface area contributed by atoms with Crippen molar-refractivity contribution in [2.24, 2.45) is 23.7 Å². The van der Waals surface area contributed by atoms with Crippen molar-refractivity contribution >= 4 is 46.7 Å². The monoisotopic (exact) mass is 383 g/mol. The van der Waals surface area contributed by atoms with E-state index >= 15 is 0 Å². The zero-order chi connectivity index (χ0) is 17.7. The molecule has 0 spiro atoms. The molecular weight excluding hydrogens is 369 g/mol. The van der Waals surface area contributed by atoms with Gasteiger partial charge in [0.15, 0.2) is 6.61 Å². The lowest BCUT2D eigenvalue weighted by Crippen LogP contribution is -2.35. The Hall–Kier alpha value is -1.79. The van der Waals surface area contributed by atoms with E-state index in [0.29, 0.717) is 17.1 Å². The topological polar surface area (TPSA) is 81.7 Å². The van der Waals surface area contributed by atoms with Crippen LogP contribution < -0.4 is 5.32 Å². The van der Waals surface area contributed by atoms with Crippen molar-refractivity contribution in [1.82, 2.24) is 0 Å².